The van der Waals surface area contributed by atoms with Crippen LogP contribution in [0.4, 0.5) is 23.4 Å². The summed E-state index contributed by atoms with van der Waals surface area (Å²) in [6, 6.07) is 6.06. The van der Waals surface area contributed by atoms with Crippen LogP contribution in [0.25, 0.3) is 5.52 Å². The average Bonchev–Trinajstić information content (AvgIpc) is 3.45. The number of carbonyl (C=O) groups excluding carboxylic acids is 1. The van der Waals surface area contributed by atoms with E-state index in [-0.39, 0.29) is 35.8 Å². The molecule has 1 saturated heterocycles. The molecule has 8 nitrogen and oxygen atoms in total. The van der Waals surface area contributed by atoms with E-state index in [0.717, 1.165) is 5.69 Å². The first kappa shape index (κ1) is 26.1. The summed E-state index contributed by atoms with van der Waals surface area (Å²) in [6.07, 6.45) is -4.53. The fourth-order valence-corrected chi connectivity index (χ4v) is 4.81. The first-order valence-corrected chi connectivity index (χ1v) is 12.4. The Morgan fingerprint density at radius 1 is 1.29 bits per heavy atom. The molecule has 2 atom stereocenters. The summed E-state index contributed by atoms with van der Waals surface area (Å²) < 4.78 is 63.6. The van der Waals surface area contributed by atoms with Crippen molar-refractivity contribution in [2.24, 2.45) is 0 Å². The Bertz CT molecular complexity index is 1360. The van der Waals surface area contributed by atoms with Crippen molar-refractivity contribution in [2.45, 2.75) is 44.4 Å². The third-order valence-electron chi connectivity index (χ3n) is 6.73. The lowest BCUT2D eigenvalue weighted by Gasteiger charge is -2.33. The highest BCUT2D eigenvalue weighted by atomic mass is 19.4. The molecule has 5 rings (SSSR count). The molecule has 1 amide bonds. The minimum atomic E-state index is -4.48. The third-order valence-corrected chi connectivity index (χ3v) is 6.73. The Hall–Kier alpha value is -3.56. The van der Waals surface area contributed by atoms with Crippen molar-refractivity contribution < 1.29 is 27.1 Å². The van der Waals surface area contributed by atoms with Crippen LogP contribution < -0.4 is 10.6 Å². The summed E-state index contributed by atoms with van der Waals surface area (Å²) in [4.78, 5) is 14.4. The Morgan fingerprint density at radius 3 is 2.89 bits per heavy atom. The molecule has 12 heteroatoms. The van der Waals surface area contributed by atoms with E-state index in [1.807, 2.05) is 16.5 Å². The van der Waals surface area contributed by atoms with Gasteiger partial charge in [0.05, 0.1) is 43.3 Å². The van der Waals surface area contributed by atoms with Gasteiger partial charge >= 0.3 is 6.18 Å². The van der Waals surface area contributed by atoms with E-state index >= 15 is 0 Å². The second kappa shape index (κ2) is 10.7. The number of nitrogens with zero attached hydrogens (tertiary/aromatic N) is 4. The number of amides is 1. The predicted octanol–water partition coefficient (Wildman–Crippen LogP) is 3.01. The maximum absolute atomic E-state index is 14.6. The van der Waals surface area contributed by atoms with Crippen LogP contribution in [0.5, 0.6) is 0 Å². The zero-order chi connectivity index (χ0) is 26.9. The Balaban J connectivity index is 1.36. The van der Waals surface area contributed by atoms with Crippen molar-refractivity contribution in [3.05, 3.63) is 53.0 Å². The fourth-order valence-electron chi connectivity index (χ4n) is 4.81. The van der Waals surface area contributed by atoms with Gasteiger partial charge in [-0.05, 0) is 37.6 Å². The van der Waals surface area contributed by atoms with E-state index < -0.39 is 24.8 Å². The number of aromatic nitrogens is 3. The number of fused-ring (bicyclic) bond motifs is 2. The van der Waals surface area contributed by atoms with E-state index in [1.165, 1.54) is 10.6 Å². The number of rotatable bonds is 5. The van der Waals surface area contributed by atoms with Gasteiger partial charge in [0, 0.05) is 37.1 Å². The number of halogens is 4. The smallest absolute Gasteiger partial charge is 0.373 e. The number of hydrogen-bond acceptors (Lipinski definition) is 5. The molecule has 2 aliphatic rings. The van der Waals surface area contributed by atoms with Crippen LogP contribution in [-0.4, -0.2) is 76.7 Å². The SMILES string of the molecule is CN1CC[C@@H](Nc2cccc3c(CC(F)(F)F)c(C#CCNC(=O)c4cc5n(c4)CCOC5)nn23)[C@@H](F)C1. The number of carbonyl (C=O) groups is 1. The monoisotopic (exact) mass is 532 g/mol. The van der Waals surface area contributed by atoms with Gasteiger partial charge in [-0.2, -0.15) is 18.3 Å². The minimum Gasteiger partial charge on any atom is -0.373 e. The van der Waals surface area contributed by atoms with Gasteiger partial charge in [-0.1, -0.05) is 12.0 Å². The van der Waals surface area contributed by atoms with Gasteiger partial charge < -0.3 is 24.8 Å². The molecule has 0 bridgehead atoms. The fraction of sp³-hybridized carbons (Fsp3) is 0.462. The van der Waals surface area contributed by atoms with E-state index in [4.69, 9.17) is 4.74 Å². The number of nitrogens with one attached hydrogen (secondary N) is 2. The van der Waals surface area contributed by atoms with Crippen LogP contribution >= 0.6 is 0 Å². The number of piperidine rings is 1. The quantitative estimate of drug-likeness (QED) is 0.391. The summed E-state index contributed by atoms with van der Waals surface area (Å²) in [5, 5.41) is 10.1. The molecular weight excluding hydrogens is 504 g/mol. The molecule has 2 N–H and O–H groups in total. The summed E-state index contributed by atoms with van der Waals surface area (Å²) >= 11 is 0. The van der Waals surface area contributed by atoms with Crippen LogP contribution in [0.3, 0.4) is 0 Å². The van der Waals surface area contributed by atoms with Gasteiger partial charge in [-0.3, -0.25) is 4.79 Å². The average molecular weight is 533 g/mol. The van der Waals surface area contributed by atoms with Crippen LogP contribution in [0, 0.1) is 11.8 Å². The topological polar surface area (TPSA) is 75.8 Å². The maximum Gasteiger partial charge on any atom is 0.393 e. The van der Waals surface area contributed by atoms with Crippen LogP contribution in [-0.2, 0) is 24.3 Å². The summed E-state index contributed by atoms with van der Waals surface area (Å²) in [5.74, 6) is 5.48. The number of likely N-dealkylation sites (tertiary alicyclic amines) is 1. The van der Waals surface area contributed by atoms with Crippen LogP contribution in [0.1, 0.15) is 33.7 Å². The molecule has 1 fully saturated rings. The van der Waals surface area contributed by atoms with E-state index in [1.54, 1.807) is 24.4 Å². The van der Waals surface area contributed by atoms with Crippen molar-refractivity contribution in [1.29, 1.82) is 0 Å². The van der Waals surface area contributed by atoms with E-state index in [9.17, 15) is 22.4 Å². The second-order valence-corrected chi connectivity index (χ2v) is 9.60. The highest BCUT2D eigenvalue weighted by molar-refractivity contribution is 5.94. The molecule has 2 aliphatic heterocycles. The molecular formula is C26H28F4N6O2. The van der Waals surface area contributed by atoms with E-state index in [0.29, 0.717) is 44.1 Å². The molecule has 202 valence electrons. The van der Waals surface area contributed by atoms with Gasteiger partial charge in [0.2, 0.25) is 0 Å². The van der Waals surface area contributed by atoms with Gasteiger partial charge in [0.25, 0.3) is 5.91 Å². The highest BCUT2D eigenvalue weighted by Gasteiger charge is 2.32. The highest BCUT2D eigenvalue weighted by Crippen LogP contribution is 2.28. The van der Waals surface area contributed by atoms with E-state index in [2.05, 4.69) is 27.6 Å². The zero-order valence-corrected chi connectivity index (χ0v) is 20.8. The minimum absolute atomic E-state index is 0.0394. The van der Waals surface area contributed by atoms with Crippen molar-refractivity contribution in [1.82, 2.24) is 24.4 Å². The van der Waals surface area contributed by atoms with Crippen LogP contribution in [0.2, 0.25) is 0 Å². The summed E-state index contributed by atoms with van der Waals surface area (Å²) in [7, 11) is 1.84. The van der Waals surface area contributed by atoms with Crippen molar-refractivity contribution in [3.63, 3.8) is 0 Å². The van der Waals surface area contributed by atoms with Crippen LogP contribution in [0.15, 0.2) is 30.5 Å². The molecule has 0 saturated carbocycles. The van der Waals surface area contributed by atoms with Gasteiger partial charge in [-0.25, -0.2) is 8.91 Å². The first-order chi connectivity index (χ1) is 18.2. The Kier molecular flexibility index (Phi) is 7.32. The van der Waals surface area contributed by atoms with Gasteiger partial charge in [-0.15, -0.1) is 0 Å². The molecule has 0 spiro atoms. The third kappa shape index (κ3) is 5.79. The lowest BCUT2D eigenvalue weighted by atomic mass is 10.0. The molecule has 5 heterocycles. The van der Waals surface area contributed by atoms with Crippen molar-refractivity contribution in [3.8, 4) is 11.8 Å². The molecule has 38 heavy (non-hydrogen) atoms. The maximum atomic E-state index is 14.6. The lowest BCUT2D eigenvalue weighted by Crippen LogP contribution is -2.46. The number of pyridine rings is 1. The number of alkyl halides is 4. The molecule has 0 aliphatic carbocycles. The molecule has 0 aromatic carbocycles. The standard InChI is InChI=1S/C26H28F4N6O2/c1-34-9-7-22(20(27)15-34)32-24-6-2-5-23-19(13-26(28,29)30)21(33-36(23)24)4-3-8-31-25(37)17-12-18-16-38-11-10-35(18)14-17/h2,5-6,12,14,20,22,32H,7-11,13,15-16H2,1H3,(H,31,37)/t20-,22+/m0/s1. The predicted molar refractivity (Wildman–Crippen MR) is 133 cm³/mol. The summed E-state index contributed by atoms with van der Waals surface area (Å²) in [5.41, 5.74) is 1.50. The number of anilines is 1. The van der Waals surface area contributed by atoms with Gasteiger partial charge in [0.15, 0.2) is 0 Å². The summed E-state index contributed by atoms with van der Waals surface area (Å²) in [6.45, 7) is 2.59. The molecule has 3 aromatic heterocycles. The van der Waals surface area contributed by atoms with Crippen molar-refractivity contribution >= 4 is 17.2 Å². The second-order valence-electron chi connectivity index (χ2n) is 9.60. The zero-order valence-electron chi connectivity index (χ0n) is 20.8. The lowest BCUT2D eigenvalue weighted by molar-refractivity contribution is -0.127. The van der Waals surface area contributed by atoms with Crippen molar-refractivity contribution in [2.75, 3.05) is 38.6 Å². The Labute approximate surface area is 216 Å². The number of hydrogen-bond donors (Lipinski definition) is 2. The normalized spacial score (nSPS) is 20.0. The Morgan fingerprint density at radius 2 is 2.13 bits per heavy atom. The number of ether oxygens (including phenoxy) is 1. The molecule has 0 unspecified atom stereocenters. The molecule has 0 radical (unpaired) electrons. The first-order valence-electron chi connectivity index (χ1n) is 12.4. The largest absolute Gasteiger partial charge is 0.393 e. The molecule has 3 aromatic rings. The van der Waals surface area contributed by atoms with Gasteiger partial charge in [0.1, 0.15) is 17.7 Å².